The first-order valence-electron chi connectivity index (χ1n) is 7.05. The third-order valence-electron chi connectivity index (χ3n) is 3.89. The molecule has 16 heavy (non-hydrogen) atoms. The van der Waals surface area contributed by atoms with Crippen LogP contribution < -0.4 is 5.73 Å². The van der Waals surface area contributed by atoms with Crippen LogP contribution in [-0.4, -0.2) is 19.8 Å². The van der Waals surface area contributed by atoms with Crippen LogP contribution in [0.2, 0.25) is 0 Å². The lowest BCUT2D eigenvalue weighted by Crippen LogP contribution is -2.30. The molecular weight excluding hydrogens is 198 g/mol. The smallest absolute Gasteiger partial charge is 0.0497 e. The van der Waals surface area contributed by atoms with E-state index >= 15 is 0 Å². The van der Waals surface area contributed by atoms with Crippen molar-refractivity contribution in [3.05, 3.63) is 0 Å². The first-order valence-corrected chi connectivity index (χ1v) is 7.05. The van der Waals surface area contributed by atoms with Crippen molar-refractivity contribution in [2.45, 2.75) is 52.4 Å². The Morgan fingerprint density at radius 3 is 2.56 bits per heavy atom. The van der Waals surface area contributed by atoms with Crippen LogP contribution in [0.25, 0.3) is 0 Å². The predicted molar refractivity (Wildman–Crippen MR) is 69.4 cm³/mol. The Kier molecular flexibility index (Phi) is 7.06. The van der Waals surface area contributed by atoms with Gasteiger partial charge in [0.1, 0.15) is 0 Å². The normalized spacial score (nSPS) is 27.9. The third-order valence-corrected chi connectivity index (χ3v) is 3.89. The lowest BCUT2D eigenvalue weighted by molar-refractivity contribution is 0.0425. The zero-order chi connectivity index (χ0) is 11.8. The lowest BCUT2D eigenvalue weighted by Gasteiger charge is -2.30. The van der Waals surface area contributed by atoms with Gasteiger partial charge in [-0.3, -0.25) is 0 Å². The number of nitrogens with two attached hydrogens (primary N) is 1. The average molecular weight is 227 g/mol. The molecule has 0 bridgehead atoms. The Morgan fingerprint density at radius 1 is 1.25 bits per heavy atom. The Hall–Kier alpha value is -0.0800. The summed E-state index contributed by atoms with van der Waals surface area (Å²) in [6, 6.07) is 0. The molecule has 1 rings (SSSR count). The van der Waals surface area contributed by atoms with Crippen molar-refractivity contribution in [2.75, 3.05) is 19.8 Å². The molecule has 0 heterocycles. The van der Waals surface area contributed by atoms with E-state index < -0.39 is 0 Å². The fourth-order valence-electron chi connectivity index (χ4n) is 2.81. The Labute approximate surface area is 101 Å². The van der Waals surface area contributed by atoms with E-state index in [1.807, 2.05) is 0 Å². The maximum atomic E-state index is 5.86. The van der Waals surface area contributed by atoms with Gasteiger partial charge in [-0.15, -0.1) is 0 Å². The summed E-state index contributed by atoms with van der Waals surface area (Å²) in [5, 5.41) is 0. The molecule has 0 spiro atoms. The summed E-state index contributed by atoms with van der Waals surface area (Å²) in [5.74, 6) is 2.16. The lowest BCUT2D eigenvalue weighted by atomic mass is 9.80. The molecule has 0 aliphatic heterocycles. The molecule has 2 N–H and O–H groups in total. The topological polar surface area (TPSA) is 35.2 Å². The summed E-state index contributed by atoms with van der Waals surface area (Å²) in [7, 11) is 0. The van der Waals surface area contributed by atoms with Crippen LogP contribution >= 0.6 is 0 Å². The minimum atomic E-state index is 0.713. The molecule has 2 heteroatoms. The van der Waals surface area contributed by atoms with Gasteiger partial charge in [-0.05, 0) is 43.6 Å². The van der Waals surface area contributed by atoms with Gasteiger partial charge >= 0.3 is 0 Å². The Morgan fingerprint density at radius 2 is 1.94 bits per heavy atom. The summed E-state index contributed by atoms with van der Waals surface area (Å²) in [5.41, 5.74) is 5.82. The molecule has 0 aromatic rings. The number of rotatable bonds is 7. The van der Waals surface area contributed by atoms with Crippen molar-refractivity contribution in [3.63, 3.8) is 0 Å². The molecule has 0 aromatic carbocycles. The molecule has 0 saturated heterocycles. The number of hydrogen-bond donors (Lipinski definition) is 1. The van der Waals surface area contributed by atoms with E-state index in [0.717, 1.165) is 31.6 Å². The molecular formula is C14H29NO. The van der Waals surface area contributed by atoms with E-state index in [1.54, 1.807) is 0 Å². The van der Waals surface area contributed by atoms with Gasteiger partial charge in [0.05, 0.1) is 0 Å². The minimum Gasteiger partial charge on any atom is -0.381 e. The van der Waals surface area contributed by atoms with Gasteiger partial charge in [0.25, 0.3) is 0 Å². The maximum absolute atomic E-state index is 5.86. The van der Waals surface area contributed by atoms with Gasteiger partial charge in [0.2, 0.25) is 0 Å². The Bertz CT molecular complexity index is 172. The zero-order valence-electron chi connectivity index (χ0n) is 11.1. The molecule has 3 unspecified atom stereocenters. The first kappa shape index (κ1) is 14.0. The number of hydrogen-bond acceptors (Lipinski definition) is 2. The largest absolute Gasteiger partial charge is 0.381 e. The predicted octanol–water partition coefficient (Wildman–Crippen LogP) is 3.20. The SMILES string of the molecule is CCCC(C)COCC1CCCCC1CN. The monoisotopic (exact) mass is 227 g/mol. The van der Waals surface area contributed by atoms with Gasteiger partial charge in [-0.25, -0.2) is 0 Å². The standard InChI is InChI=1S/C14H29NO/c1-3-6-12(2)10-16-11-14-8-5-4-7-13(14)9-15/h12-14H,3-11,15H2,1-2H3. The van der Waals surface area contributed by atoms with E-state index in [4.69, 9.17) is 10.5 Å². The third kappa shape index (κ3) is 4.84. The van der Waals surface area contributed by atoms with Crippen molar-refractivity contribution in [2.24, 2.45) is 23.5 Å². The van der Waals surface area contributed by atoms with Crippen LogP contribution in [0.4, 0.5) is 0 Å². The van der Waals surface area contributed by atoms with E-state index in [0.29, 0.717) is 5.92 Å². The van der Waals surface area contributed by atoms with Crippen LogP contribution in [0.3, 0.4) is 0 Å². The second-order valence-corrected chi connectivity index (χ2v) is 5.47. The molecule has 1 saturated carbocycles. The molecule has 1 aliphatic carbocycles. The summed E-state index contributed by atoms with van der Waals surface area (Å²) < 4.78 is 5.86. The summed E-state index contributed by atoms with van der Waals surface area (Å²) in [6.07, 6.45) is 7.92. The molecule has 96 valence electrons. The summed E-state index contributed by atoms with van der Waals surface area (Å²) >= 11 is 0. The van der Waals surface area contributed by atoms with Crippen LogP contribution in [0.15, 0.2) is 0 Å². The van der Waals surface area contributed by atoms with E-state index in [-0.39, 0.29) is 0 Å². The number of ether oxygens (including phenoxy) is 1. The maximum Gasteiger partial charge on any atom is 0.0497 e. The minimum absolute atomic E-state index is 0.713. The Balaban J connectivity index is 2.15. The zero-order valence-corrected chi connectivity index (χ0v) is 11.1. The second kappa shape index (κ2) is 8.08. The van der Waals surface area contributed by atoms with Gasteiger partial charge in [-0.2, -0.15) is 0 Å². The molecule has 0 amide bonds. The van der Waals surface area contributed by atoms with Crippen molar-refractivity contribution < 1.29 is 4.74 Å². The fraction of sp³-hybridized carbons (Fsp3) is 1.00. The van der Waals surface area contributed by atoms with Crippen LogP contribution in [-0.2, 0) is 4.74 Å². The van der Waals surface area contributed by atoms with Gasteiger partial charge < -0.3 is 10.5 Å². The van der Waals surface area contributed by atoms with Crippen LogP contribution in [0.1, 0.15) is 52.4 Å². The van der Waals surface area contributed by atoms with Crippen molar-refractivity contribution in [1.82, 2.24) is 0 Å². The van der Waals surface area contributed by atoms with E-state index in [2.05, 4.69) is 13.8 Å². The van der Waals surface area contributed by atoms with Crippen molar-refractivity contribution >= 4 is 0 Å². The van der Waals surface area contributed by atoms with Crippen LogP contribution in [0, 0.1) is 17.8 Å². The first-order chi connectivity index (χ1) is 7.77. The molecule has 2 nitrogen and oxygen atoms in total. The molecule has 3 atom stereocenters. The average Bonchev–Trinajstić information content (AvgIpc) is 2.30. The highest BCUT2D eigenvalue weighted by Crippen LogP contribution is 2.29. The molecule has 1 aliphatic rings. The highest BCUT2D eigenvalue weighted by Gasteiger charge is 2.23. The second-order valence-electron chi connectivity index (χ2n) is 5.47. The van der Waals surface area contributed by atoms with Gasteiger partial charge in [-0.1, -0.05) is 33.1 Å². The van der Waals surface area contributed by atoms with Gasteiger partial charge in [0.15, 0.2) is 0 Å². The summed E-state index contributed by atoms with van der Waals surface area (Å²) in [4.78, 5) is 0. The van der Waals surface area contributed by atoms with E-state index in [1.165, 1.54) is 38.5 Å². The van der Waals surface area contributed by atoms with Gasteiger partial charge in [0, 0.05) is 13.2 Å². The summed E-state index contributed by atoms with van der Waals surface area (Å²) in [6.45, 7) is 7.24. The molecule has 0 aromatic heterocycles. The van der Waals surface area contributed by atoms with E-state index in [9.17, 15) is 0 Å². The van der Waals surface area contributed by atoms with Crippen molar-refractivity contribution in [3.8, 4) is 0 Å². The van der Waals surface area contributed by atoms with Crippen LogP contribution in [0.5, 0.6) is 0 Å². The molecule has 0 radical (unpaired) electrons. The molecule has 1 fully saturated rings. The highest BCUT2D eigenvalue weighted by atomic mass is 16.5. The highest BCUT2D eigenvalue weighted by molar-refractivity contribution is 4.75. The quantitative estimate of drug-likeness (QED) is 0.725. The fourth-order valence-corrected chi connectivity index (χ4v) is 2.81. The van der Waals surface area contributed by atoms with Crippen molar-refractivity contribution in [1.29, 1.82) is 0 Å².